The average Bonchev–Trinajstić information content (AvgIpc) is 2.32. The Morgan fingerprint density at radius 3 is 3.00 bits per heavy atom. The number of rotatable bonds is 3. The van der Waals surface area contributed by atoms with E-state index >= 15 is 0 Å². The first kappa shape index (κ1) is 11.5. The molecule has 16 heavy (non-hydrogen) atoms. The van der Waals surface area contributed by atoms with E-state index < -0.39 is 0 Å². The molecular formula is C10H12BrNO4. The Morgan fingerprint density at radius 2 is 2.25 bits per heavy atom. The molecule has 6 heteroatoms. The summed E-state index contributed by atoms with van der Waals surface area (Å²) in [6, 6.07) is 1.74. The van der Waals surface area contributed by atoms with Gasteiger partial charge in [0.05, 0.1) is 7.11 Å². The molecule has 0 aromatic heterocycles. The fourth-order valence-corrected chi connectivity index (χ4v) is 2.04. The zero-order chi connectivity index (χ0) is 11.5. The summed E-state index contributed by atoms with van der Waals surface area (Å²) in [5.74, 6) is 1.31. The summed E-state index contributed by atoms with van der Waals surface area (Å²) < 4.78 is 11.4. The molecule has 1 aliphatic heterocycles. The van der Waals surface area contributed by atoms with Crippen molar-refractivity contribution in [3.05, 3.63) is 16.1 Å². The lowest BCUT2D eigenvalue weighted by Gasteiger charge is -2.21. The molecule has 0 saturated carbocycles. The van der Waals surface area contributed by atoms with Crippen LogP contribution in [0, 0.1) is 0 Å². The number of halogens is 1. The summed E-state index contributed by atoms with van der Waals surface area (Å²) in [5, 5.41) is 9.90. The van der Waals surface area contributed by atoms with Crippen LogP contribution < -0.4 is 15.0 Å². The second kappa shape index (κ2) is 4.90. The Hall–Kier alpha value is -0.980. The summed E-state index contributed by atoms with van der Waals surface area (Å²) in [6.45, 7) is 1.39. The van der Waals surface area contributed by atoms with Crippen molar-refractivity contribution in [1.82, 2.24) is 5.48 Å². The number of hydroxylamine groups is 1. The summed E-state index contributed by atoms with van der Waals surface area (Å²) in [6.07, 6.45) is 0. The summed E-state index contributed by atoms with van der Waals surface area (Å²) >= 11 is 3.29. The first-order chi connectivity index (χ1) is 7.74. The van der Waals surface area contributed by atoms with Crippen LogP contribution in [0.1, 0.15) is 5.56 Å². The minimum absolute atomic E-state index is 0.133. The number of hydrogen-bond acceptors (Lipinski definition) is 5. The summed E-state index contributed by atoms with van der Waals surface area (Å²) in [5.41, 5.74) is 3.34. The maximum absolute atomic E-state index is 9.90. The molecule has 0 atom stereocenters. The SMILES string of the molecule is CONCc1cc2c(c(Br)c1O)OCCO2. The monoisotopic (exact) mass is 289 g/mol. The molecule has 0 amide bonds. The van der Waals surface area contributed by atoms with Gasteiger partial charge in [-0.15, -0.1) is 0 Å². The molecule has 5 nitrogen and oxygen atoms in total. The van der Waals surface area contributed by atoms with Crippen LogP contribution in [0.3, 0.4) is 0 Å². The number of phenolic OH excluding ortho intramolecular Hbond substituents is 1. The first-order valence-corrected chi connectivity index (χ1v) is 5.59. The van der Waals surface area contributed by atoms with Crippen LogP contribution in [0.15, 0.2) is 10.5 Å². The van der Waals surface area contributed by atoms with E-state index in [9.17, 15) is 5.11 Å². The van der Waals surface area contributed by atoms with Crippen LogP contribution in [0.2, 0.25) is 0 Å². The van der Waals surface area contributed by atoms with Crippen molar-refractivity contribution in [3.8, 4) is 17.2 Å². The maximum Gasteiger partial charge on any atom is 0.179 e. The van der Waals surface area contributed by atoms with E-state index in [1.54, 1.807) is 6.07 Å². The van der Waals surface area contributed by atoms with Gasteiger partial charge in [-0.1, -0.05) is 0 Å². The van der Waals surface area contributed by atoms with E-state index in [1.807, 2.05) is 0 Å². The third kappa shape index (κ3) is 2.09. The highest BCUT2D eigenvalue weighted by Gasteiger charge is 2.20. The van der Waals surface area contributed by atoms with Crippen molar-refractivity contribution < 1.29 is 19.4 Å². The third-order valence-corrected chi connectivity index (χ3v) is 2.97. The number of ether oxygens (including phenoxy) is 2. The van der Waals surface area contributed by atoms with Gasteiger partial charge in [0.1, 0.15) is 23.4 Å². The Kier molecular flexibility index (Phi) is 3.52. The van der Waals surface area contributed by atoms with Gasteiger partial charge in [0.15, 0.2) is 11.5 Å². The van der Waals surface area contributed by atoms with E-state index in [0.717, 1.165) is 0 Å². The maximum atomic E-state index is 9.90. The molecule has 2 rings (SSSR count). The predicted octanol–water partition coefficient (Wildman–Crippen LogP) is 1.58. The predicted molar refractivity (Wildman–Crippen MR) is 60.6 cm³/mol. The van der Waals surface area contributed by atoms with Crippen LogP contribution in [-0.4, -0.2) is 25.4 Å². The highest BCUT2D eigenvalue weighted by molar-refractivity contribution is 9.10. The molecular weight excluding hydrogens is 278 g/mol. The molecule has 0 fully saturated rings. The lowest BCUT2D eigenvalue weighted by Crippen LogP contribution is -2.17. The Morgan fingerprint density at radius 1 is 1.50 bits per heavy atom. The van der Waals surface area contributed by atoms with Crippen molar-refractivity contribution in [2.75, 3.05) is 20.3 Å². The molecule has 0 saturated heterocycles. The van der Waals surface area contributed by atoms with Gasteiger partial charge in [0, 0.05) is 12.1 Å². The van der Waals surface area contributed by atoms with Crippen molar-refractivity contribution in [3.63, 3.8) is 0 Å². The zero-order valence-corrected chi connectivity index (χ0v) is 10.3. The standard InChI is InChI=1S/C10H12BrNO4/c1-14-12-5-6-4-7-10(8(11)9(6)13)16-3-2-15-7/h4,12-13H,2-3,5H2,1H3. The van der Waals surface area contributed by atoms with E-state index in [1.165, 1.54) is 7.11 Å². The van der Waals surface area contributed by atoms with Gasteiger partial charge >= 0.3 is 0 Å². The molecule has 0 unspecified atom stereocenters. The highest BCUT2D eigenvalue weighted by atomic mass is 79.9. The molecule has 1 aliphatic rings. The molecule has 1 aromatic carbocycles. The highest BCUT2D eigenvalue weighted by Crippen LogP contribution is 2.44. The minimum Gasteiger partial charge on any atom is -0.506 e. The van der Waals surface area contributed by atoms with Crippen molar-refractivity contribution in [2.45, 2.75) is 6.54 Å². The summed E-state index contributed by atoms with van der Waals surface area (Å²) in [7, 11) is 1.52. The molecule has 1 aromatic rings. The van der Waals surface area contributed by atoms with Gasteiger partial charge in [-0.3, -0.25) is 0 Å². The van der Waals surface area contributed by atoms with Gasteiger partial charge in [-0.05, 0) is 22.0 Å². The molecule has 0 radical (unpaired) electrons. The molecule has 2 N–H and O–H groups in total. The first-order valence-electron chi connectivity index (χ1n) is 4.80. The Labute approximate surface area is 101 Å². The molecule has 0 aliphatic carbocycles. The molecule has 0 bridgehead atoms. The van der Waals surface area contributed by atoms with Crippen LogP contribution in [0.4, 0.5) is 0 Å². The summed E-state index contributed by atoms with van der Waals surface area (Å²) in [4.78, 5) is 4.74. The fourth-order valence-electron chi connectivity index (χ4n) is 1.47. The lowest BCUT2D eigenvalue weighted by molar-refractivity contribution is 0.0858. The zero-order valence-electron chi connectivity index (χ0n) is 8.75. The van der Waals surface area contributed by atoms with Gasteiger partial charge in [0.25, 0.3) is 0 Å². The van der Waals surface area contributed by atoms with Crippen LogP contribution in [0.5, 0.6) is 17.2 Å². The quantitative estimate of drug-likeness (QED) is 0.828. The van der Waals surface area contributed by atoms with E-state index in [-0.39, 0.29) is 5.75 Å². The number of nitrogens with one attached hydrogen (secondary N) is 1. The topological polar surface area (TPSA) is 60.0 Å². The average molecular weight is 290 g/mol. The van der Waals surface area contributed by atoms with E-state index in [0.29, 0.717) is 41.3 Å². The Bertz CT molecular complexity index is 397. The van der Waals surface area contributed by atoms with Gasteiger partial charge < -0.3 is 19.4 Å². The molecule has 0 spiro atoms. The molecule has 88 valence electrons. The number of fused-ring (bicyclic) bond motifs is 1. The van der Waals surface area contributed by atoms with E-state index in [2.05, 4.69) is 21.4 Å². The number of aromatic hydroxyl groups is 1. The van der Waals surface area contributed by atoms with Gasteiger partial charge in [-0.2, -0.15) is 5.48 Å². The van der Waals surface area contributed by atoms with E-state index in [4.69, 9.17) is 14.3 Å². The molecule has 1 heterocycles. The second-order valence-electron chi connectivity index (χ2n) is 3.25. The van der Waals surface area contributed by atoms with Crippen LogP contribution in [-0.2, 0) is 11.4 Å². The number of hydrogen-bond donors (Lipinski definition) is 2. The third-order valence-electron chi connectivity index (χ3n) is 2.23. The largest absolute Gasteiger partial charge is 0.506 e. The number of benzene rings is 1. The van der Waals surface area contributed by atoms with Crippen LogP contribution >= 0.6 is 15.9 Å². The smallest absolute Gasteiger partial charge is 0.179 e. The van der Waals surface area contributed by atoms with Crippen molar-refractivity contribution in [1.29, 1.82) is 0 Å². The van der Waals surface area contributed by atoms with Crippen molar-refractivity contribution in [2.24, 2.45) is 0 Å². The van der Waals surface area contributed by atoms with Crippen LogP contribution in [0.25, 0.3) is 0 Å². The van der Waals surface area contributed by atoms with Crippen molar-refractivity contribution >= 4 is 15.9 Å². The fraction of sp³-hybridized carbons (Fsp3) is 0.400. The normalized spacial score (nSPS) is 13.9. The lowest BCUT2D eigenvalue weighted by atomic mass is 10.1. The number of phenols is 1. The second-order valence-corrected chi connectivity index (χ2v) is 4.04. The minimum atomic E-state index is 0.133. The van der Waals surface area contributed by atoms with Gasteiger partial charge in [-0.25, -0.2) is 0 Å². The van der Waals surface area contributed by atoms with Gasteiger partial charge in [0.2, 0.25) is 0 Å². The Balaban J connectivity index is 2.36.